The van der Waals surface area contributed by atoms with Gasteiger partial charge in [-0.2, -0.15) is 0 Å². The van der Waals surface area contributed by atoms with Gasteiger partial charge in [0, 0.05) is 0 Å². The van der Waals surface area contributed by atoms with Gasteiger partial charge in [0.1, 0.15) is 0 Å². The van der Waals surface area contributed by atoms with E-state index in [0.717, 1.165) is 0 Å². The predicted molar refractivity (Wildman–Crippen MR) is 24.3 cm³/mol. The van der Waals surface area contributed by atoms with Crippen molar-refractivity contribution in [2.45, 2.75) is 0 Å². The molecule has 0 heterocycles. The predicted octanol–water partition coefficient (Wildman–Crippen LogP) is -3.48. The molecule has 24 valence electrons. The molecule has 0 saturated heterocycles. The van der Waals surface area contributed by atoms with Crippen LogP contribution in [0, 0.1) is 0 Å². The van der Waals surface area contributed by atoms with Gasteiger partial charge in [-0.1, -0.05) is 0 Å². The molecule has 0 aliphatic rings. The molecule has 0 rings (SSSR count). The molecule has 0 amide bonds. The fourth-order valence-electron chi connectivity index (χ4n) is 0. The molecule has 4 heteroatoms. The summed E-state index contributed by atoms with van der Waals surface area (Å²) < 4.78 is 0. The topological polar surface area (TPSA) is 63.0 Å². The van der Waals surface area contributed by atoms with Crippen LogP contribution < -0.4 is 0 Å². The van der Waals surface area contributed by atoms with Gasteiger partial charge in [0.2, 0.25) is 0 Å². The van der Waals surface area contributed by atoms with E-state index >= 15 is 0 Å². The maximum Gasteiger partial charge on any atom is 0.316 e. The maximum absolute atomic E-state index is 0. The zero-order chi connectivity index (χ0) is 0. The zero-order valence-electron chi connectivity index (χ0n) is 1.00. The molecule has 0 saturated carbocycles. The Morgan fingerprint density at radius 3 is 0.750 bits per heavy atom. The van der Waals surface area contributed by atoms with Gasteiger partial charge in [-0.25, -0.2) is 0 Å². The minimum absolute atomic E-state index is 0. The Hall–Kier alpha value is 0.855. The average Bonchev–Trinajstić information content (AvgIpc) is 0. The van der Waals surface area contributed by atoms with Gasteiger partial charge in [-0.3, -0.25) is 0 Å². The summed E-state index contributed by atoms with van der Waals surface area (Å²) in [5.74, 6) is 0. The van der Waals surface area contributed by atoms with E-state index in [4.69, 9.17) is 0 Å². The molecule has 0 unspecified atom stereocenters. The van der Waals surface area contributed by atoms with Crippen molar-refractivity contribution in [3.63, 3.8) is 0 Å². The van der Waals surface area contributed by atoms with Crippen molar-refractivity contribution in [1.82, 2.24) is 0 Å². The van der Waals surface area contributed by atoms with Crippen molar-refractivity contribution in [2.75, 3.05) is 0 Å². The Bertz CT molecular complexity index is 6.00. The van der Waals surface area contributed by atoms with Crippen LogP contribution in [-0.4, -0.2) is 44.1 Å². The second-order valence-corrected chi connectivity index (χ2v) is 0. The van der Waals surface area contributed by atoms with Crippen molar-refractivity contribution in [1.29, 1.82) is 0 Å². The molecule has 0 radical (unpaired) electrons. The van der Waals surface area contributed by atoms with Crippen molar-refractivity contribution in [3.05, 3.63) is 0 Å². The largest absolute Gasteiger partial charge is 0.316 e. The van der Waals surface area contributed by atoms with Gasteiger partial charge in [-0.15, -0.1) is 0 Å². The van der Waals surface area contributed by atoms with Crippen molar-refractivity contribution in [2.24, 2.45) is 0 Å². The van der Waals surface area contributed by atoms with Gasteiger partial charge in [0.25, 0.3) is 0 Å². The molecular formula is H8BeMgO2. The molecule has 0 aromatic heterocycles. The van der Waals surface area contributed by atoms with Crippen LogP contribution in [-0.2, 0) is 0 Å². The van der Waals surface area contributed by atoms with Gasteiger partial charge < -0.3 is 11.0 Å². The number of rotatable bonds is 0. The summed E-state index contributed by atoms with van der Waals surface area (Å²) in [7, 11) is 0. The minimum atomic E-state index is 0. The second-order valence-electron chi connectivity index (χ2n) is 0. The molecule has 0 spiro atoms. The fraction of sp³-hybridized carbons (Fsp3) is 0. The average molecular weight is 73.4 g/mol. The molecule has 0 aromatic carbocycles. The first-order valence-corrected chi connectivity index (χ1v) is 0. The van der Waals surface area contributed by atoms with Crippen LogP contribution in [0.15, 0.2) is 0 Å². The van der Waals surface area contributed by atoms with Crippen LogP contribution >= 0.6 is 0 Å². The van der Waals surface area contributed by atoms with Crippen molar-refractivity contribution in [3.8, 4) is 0 Å². The summed E-state index contributed by atoms with van der Waals surface area (Å²) in [6, 6.07) is 0. The van der Waals surface area contributed by atoms with Crippen LogP contribution in [0.25, 0.3) is 0 Å². The molecule has 0 fully saturated rings. The second kappa shape index (κ2) is 43.0. The first-order chi connectivity index (χ1) is 0. The summed E-state index contributed by atoms with van der Waals surface area (Å²) in [5.41, 5.74) is 0. The van der Waals surface area contributed by atoms with Gasteiger partial charge in [-0.05, 0) is 0 Å². The van der Waals surface area contributed by atoms with E-state index in [1.807, 2.05) is 0 Å². The third-order valence-corrected chi connectivity index (χ3v) is 0. The summed E-state index contributed by atoms with van der Waals surface area (Å²) in [6.45, 7) is 0. The number of hydrogen-bond donors (Lipinski definition) is 0. The quantitative estimate of drug-likeness (QED) is 0.267. The van der Waals surface area contributed by atoms with Gasteiger partial charge >= 0.3 is 33.2 Å². The van der Waals surface area contributed by atoms with E-state index < -0.39 is 0 Å². The number of hydrogen-bond acceptors (Lipinski definition) is 0. The Morgan fingerprint density at radius 1 is 0.750 bits per heavy atom. The van der Waals surface area contributed by atoms with Crippen LogP contribution in [0.4, 0.5) is 0 Å². The summed E-state index contributed by atoms with van der Waals surface area (Å²) in [6.07, 6.45) is 0. The van der Waals surface area contributed by atoms with Gasteiger partial charge in [0.15, 0.2) is 0 Å². The third kappa shape index (κ3) is 13.4. The summed E-state index contributed by atoms with van der Waals surface area (Å²) >= 11 is 0. The maximum atomic E-state index is 0. The first kappa shape index (κ1) is 98.7. The Labute approximate surface area is 44.6 Å². The van der Waals surface area contributed by atoms with Crippen LogP contribution in [0.3, 0.4) is 0 Å². The Balaban J connectivity index is 0. The molecule has 0 aliphatic heterocycles. The van der Waals surface area contributed by atoms with Crippen LogP contribution in [0.2, 0.25) is 0 Å². The molecule has 0 bridgehead atoms. The molecule has 4 N–H and O–H groups in total. The monoisotopic (exact) mass is 73.0 g/mol. The Kier molecular flexibility index (Phi) is 1060. The summed E-state index contributed by atoms with van der Waals surface area (Å²) in [5, 5.41) is 0. The summed E-state index contributed by atoms with van der Waals surface area (Å²) in [4.78, 5) is 0. The molecule has 0 aliphatic carbocycles. The molecular weight excluding hydrogens is 65.3 g/mol. The van der Waals surface area contributed by atoms with Crippen LogP contribution in [0.1, 0.15) is 0 Å². The van der Waals surface area contributed by atoms with Crippen molar-refractivity contribution >= 4 is 33.2 Å². The first-order valence-electron chi connectivity index (χ1n) is 0. The van der Waals surface area contributed by atoms with E-state index in [2.05, 4.69) is 0 Å². The third-order valence-electron chi connectivity index (χ3n) is 0. The van der Waals surface area contributed by atoms with Gasteiger partial charge in [0.05, 0.1) is 0 Å². The van der Waals surface area contributed by atoms with Crippen molar-refractivity contribution < 1.29 is 11.0 Å². The van der Waals surface area contributed by atoms with Crippen LogP contribution in [0.5, 0.6) is 0 Å². The molecule has 0 atom stereocenters. The zero-order valence-corrected chi connectivity index (χ0v) is 1.00. The van der Waals surface area contributed by atoms with E-state index in [9.17, 15) is 0 Å². The van der Waals surface area contributed by atoms with E-state index in [1.165, 1.54) is 0 Å². The standard InChI is InChI=1S/Be.Mg.2H2O.4H/h;;2*1H2;;;;. The molecule has 2 nitrogen and oxygen atoms in total. The molecule has 4 heavy (non-hydrogen) atoms. The fourth-order valence-corrected chi connectivity index (χ4v) is 0. The normalized spacial score (nSPS) is 0. The van der Waals surface area contributed by atoms with E-state index in [0.29, 0.717) is 0 Å². The van der Waals surface area contributed by atoms with E-state index in [1.54, 1.807) is 0 Å². The molecule has 0 aromatic rings. The SMILES string of the molecule is O.O.[BeH2].[MgH2]. The minimum Gasteiger partial charge on any atom is 0.316 e. The van der Waals surface area contributed by atoms with E-state index in [-0.39, 0.29) is 44.1 Å². The smallest absolute Gasteiger partial charge is 0.316 e. The Morgan fingerprint density at radius 2 is 0.750 bits per heavy atom.